The Hall–Kier alpha value is -2.34. The van der Waals surface area contributed by atoms with Gasteiger partial charge in [0, 0.05) is 38.8 Å². The summed E-state index contributed by atoms with van der Waals surface area (Å²) in [5, 5.41) is 4.00. The molecule has 0 unspecified atom stereocenters. The third-order valence-electron chi connectivity index (χ3n) is 3.64. The highest BCUT2D eigenvalue weighted by atomic mass is 16.6. The standard InChI is InChI=1S/C16H19N3O3/c1-13-11-14(17-22-13)12-18-7-9-19(10-8-18)16(20)21-15-5-3-2-4-6-15/h2-6,11H,7-10,12H2,1H3. The Kier molecular flexibility index (Phi) is 4.39. The summed E-state index contributed by atoms with van der Waals surface area (Å²) in [5.41, 5.74) is 0.929. The second kappa shape index (κ2) is 6.62. The number of ether oxygens (including phenoxy) is 1. The first-order chi connectivity index (χ1) is 10.7. The van der Waals surface area contributed by atoms with Crippen LogP contribution in [-0.4, -0.2) is 47.2 Å². The van der Waals surface area contributed by atoms with Crippen LogP contribution >= 0.6 is 0 Å². The zero-order valence-electron chi connectivity index (χ0n) is 12.6. The highest BCUT2D eigenvalue weighted by Gasteiger charge is 2.23. The summed E-state index contributed by atoms with van der Waals surface area (Å²) in [7, 11) is 0. The number of benzene rings is 1. The second-order valence-corrected chi connectivity index (χ2v) is 5.37. The first-order valence-electron chi connectivity index (χ1n) is 7.37. The first kappa shape index (κ1) is 14.6. The molecular weight excluding hydrogens is 282 g/mol. The van der Waals surface area contributed by atoms with E-state index < -0.39 is 0 Å². The topological polar surface area (TPSA) is 58.8 Å². The molecule has 116 valence electrons. The van der Waals surface area contributed by atoms with Gasteiger partial charge in [0.05, 0.1) is 5.69 Å². The van der Waals surface area contributed by atoms with Crippen molar-refractivity contribution in [2.45, 2.75) is 13.5 Å². The molecule has 22 heavy (non-hydrogen) atoms. The van der Waals surface area contributed by atoms with Crippen molar-refractivity contribution in [2.24, 2.45) is 0 Å². The number of rotatable bonds is 3. The maximum Gasteiger partial charge on any atom is 0.415 e. The Labute approximate surface area is 129 Å². The number of carbonyl (C=O) groups is 1. The van der Waals surface area contributed by atoms with Gasteiger partial charge in [0.25, 0.3) is 0 Å². The molecule has 0 atom stereocenters. The van der Waals surface area contributed by atoms with Crippen LogP contribution in [0, 0.1) is 6.92 Å². The molecule has 0 aliphatic carbocycles. The average Bonchev–Trinajstić information content (AvgIpc) is 2.94. The summed E-state index contributed by atoms with van der Waals surface area (Å²) in [5.74, 6) is 1.40. The maximum absolute atomic E-state index is 12.1. The van der Waals surface area contributed by atoms with E-state index in [0.717, 1.165) is 31.1 Å². The van der Waals surface area contributed by atoms with Gasteiger partial charge in [-0.2, -0.15) is 0 Å². The van der Waals surface area contributed by atoms with E-state index in [1.165, 1.54) is 0 Å². The van der Waals surface area contributed by atoms with Crippen molar-refractivity contribution >= 4 is 6.09 Å². The monoisotopic (exact) mass is 301 g/mol. The van der Waals surface area contributed by atoms with Crippen molar-refractivity contribution in [2.75, 3.05) is 26.2 Å². The molecule has 1 aromatic carbocycles. The van der Waals surface area contributed by atoms with E-state index in [9.17, 15) is 4.79 Å². The van der Waals surface area contributed by atoms with E-state index in [1.54, 1.807) is 17.0 Å². The van der Waals surface area contributed by atoms with Gasteiger partial charge in [-0.1, -0.05) is 23.4 Å². The number of aryl methyl sites for hydroxylation is 1. The Morgan fingerprint density at radius 1 is 1.23 bits per heavy atom. The number of hydrogen-bond donors (Lipinski definition) is 0. The molecule has 2 heterocycles. The van der Waals surface area contributed by atoms with Gasteiger partial charge in [-0.05, 0) is 19.1 Å². The van der Waals surface area contributed by atoms with Crippen LogP contribution in [0.25, 0.3) is 0 Å². The normalized spacial score (nSPS) is 15.8. The van der Waals surface area contributed by atoms with Crippen LogP contribution in [0.2, 0.25) is 0 Å². The molecule has 1 aliphatic rings. The summed E-state index contributed by atoms with van der Waals surface area (Å²) < 4.78 is 10.4. The minimum atomic E-state index is -0.289. The lowest BCUT2D eigenvalue weighted by atomic mass is 10.3. The van der Waals surface area contributed by atoms with Crippen LogP contribution in [0.15, 0.2) is 40.9 Å². The van der Waals surface area contributed by atoms with Gasteiger partial charge >= 0.3 is 6.09 Å². The number of hydrogen-bond acceptors (Lipinski definition) is 5. The van der Waals surface area contributed by atoms with Crippen LogP contribution < -0.4 is 4.74 Å². The highest BCUT2D eigenvalue weighted by Crippen LogP contribution is 2.13. The molecule has 1 fully saturated rings. The van der Waals surface area contributed by atoms with E-state index in [2.05, 4.69) is 10.1 Å². The zero-order valence-corrected chi connectivity index (χ0v) is 12.6. The minimum absolute atomic E-state index is 0.289. The summed E-state index contributed by atoms with van der Waals surface area (Å²) >= 11 is 0. The molecular formula is C16H19N3O3. The predicted octanol–water partition coefficient (Wildman–Crippen LogP) is 2.30. The van der Waals surface area contributed by atoms with Crippen molar-refractivity contribution in [3.8, 4) is 5.75 Å². The average molecular weight is 301 g/mol. The van der Waals surface area contributed by atoms with E-state index in [0.29, 0.717) is 18.8 Å². The van der Waals surface area contributed by atoms with Crippen molar-refractivity contribution in [1.82, 2.24) is 15.0 Å². The van der Waals surface area contributed by atoms with E-state index in [4.69, 9.17) is 9.26 Å². The van der Waals surface area contributed by atoms with Crippen molar-refractivity contribution < 1.29 is 14.1 Å². The molecule has 1 amide bonds. The molecule has 0 spiro atoms. The summed E-state index contributed by atoms with van der Waals surface area (Å²) in [6, 6.07) is 11.1. The van der Waals surface area contributed by atoms with Gasteiger partial charge in [0.15, 0.2) is 0 Å². The van der Waals surface area contributed by atoms with Gasteiger partial charge < -0.3 is 14.2 Å². The van der Waals surface area contributed by atoms with Crippen molar-refractivity contribution in [3.05, 3.63) is 47.9 Å². The molecule has 6 nitrogen and oxygen atoms in total. The van der Waals surface area contributed by atoms with Crippen LogP contribution in [0.4, 0.5) is 4.79 Å². The lowest BCUT2D eigenvalue weighted by molar-refractivity contribution is 0.107. The molecule has 0 radical (unpaired) electrons. The largest absolute Gasteiger partial charge is 0.415 e. The van der Waals surface area contributed by atoms with Crippen LogP contribution in [0.3, 0.4) is 0 Å². The van der Waals surface area contributed by atoms with Crippen LogP contribution in [-0.2, 0) is 6.54 Å². The van der Waals surface area contributed by atoms with Gasteiger partial charge in [0.2, 0.25) is 0 Å². The van der Waals surface area contributed by atoms with Gasteiger partial charge in [-0.25, -0.2) is 4.79 Å². The first-order valence-corrected chi connectivity index (χ1v) is 7.37. The van der Waals surface area contributed by atoms with E-state index >= 15 is 0 Å². The predicted molar refractivity (Wildman–Crippen MR) is 80.6 cm³/mol. The SMILES string of the molecule is Cc1cc(CN2CCN(C(=O)Oc3ccccc3)CC2)no1. The van der Waals surface area contributed by atoms with Crippen molar-refractivity contribution in [1.29, 1.82) is 0 Å². The Morgan fingerprint density at radius 2 is 1.95 bits per heavy atom. The summed E-state index contributed by atoms with van der Waals surface area (Å²) in [6.07, 6.45) is -0.289. The number of piperazine rings is 1. The van der Waals surface area contributed by atoms with Gasteiger partial charge in [0.1, 0.15) is 11.5 Å². The second-order valence-electron chi connectivity index (χ2n) is 5.37. The third kappa shape index (κ3) is 3.65. The Bertz CT molecular complexity index is 619. The number of amides is 1. The zero-order chi connectivity index (χ0) is 15.4. The van der Waals surface area contributed by atoms with Crippen LogP contribution in [0.1, 0.15) is 11.5 Å². The number of aromatic nitrogens is 1. The summed E-state index contributed by atoms with van der Waals surface area (Å²) in [4.78, 5) is 16.1. The Balaban J connectivity index is 1.48. The molecule has 2 aromatic rings. The lowest BCUT2D eigenvalue weighted by Gasteiger charge is -2.33. The fourth-order valence-electron chi connectivity index (χ4n) is 2.46. The third-order valence-corrected chi connectivity index (χ3v) is 3.64. The molecule has 1 aromatic heterocycles. The molecule has 1 saturated heterocycles. The molecule has 6 heteroatoms. The van der Waals surface area contributed by atoms with E-state index in [-0.39, 0.29) is 6.09 Å². The summed E-state index contributed by atoms with van der Waals surface area (Å²) in [6.45, 7) is 5.55. The smallest absolute Gasteiger partial charge is 0.410 e. The molecule has 1 aliphatic heterocycles. The molecule has 0 bridgehead atoms. The molecule has 0 saturated carbocycles. The number of nitrogens with zero attached hydrogens (tertiary/aromatic N) is 3. The highest BCUT2D eigenvalue weighted by molar-refractivity contribution is 5.70. The van der Waals surface area contributed by atoms with E-state index in [1.807, 2.05) is 31.2 Å². The quantitative estimate of drug-likeness (QED) is 0.870. The fraction of sp³-hybridized carbons (Fsp3) is 0.375. The maximum atomic E-state index is 12.1. The molecule has 3 rings (SSSR count). The Morgan fingerprint density at radius 3 is 2.59 bits per heavy atom. The van der Waals surface area contributed by atoms with Crippen LogP contribution in [0.5, 0.6) is 5.75 Å². The minimum Gasteiger partial charge on any atom is -0.410 e. The molecule has 0 N–H and O–H groups in total. The van der Waals surface area contributed by atoms with Gasteiger partial charge in [-0.3, -0.25) is 4.90 Å². The lowest BCUT2D eigenvalue weighted by Crippen LogP contribution is -2.49. The van der Waals surface area contributed by atoms with Gasteiger partial charge in [-0.15, -0.1) is 0 Å². The fourth-order valence-corrected chi connectivity index (χ4v) is 2.46. The van der Waals surface area contributed by atoms with Crippen molar-refractivity contribution in [3.63, 3.8) is 0 Å². The number of carbonyl (C=O) groups excluding carboxylic acids is 1. The number of para-hydroxylation sites is 1.